The van der Waals surface area contributed by atoms with Crippen LogP contribution in [0.4, 0.5) is 10.1 Å². The van der Waals surface area contributed by atoms with Gasteiger partial charge in [0.15, 0.2) is 0 Å². The van der Waals surface area contributed by atoms with E-state index in [-0.39, 0.29) is 23.2 Å². The van der Waals surface area contributed by atoms with Crippen LogP contribution in [0.15, 0.2) is 83.8 Å². The minimum absolute atomic E-state index is 0.243. The van der Waals surface area contributed by atoms with Gasteiger partial charge in [0.2, 0.25) is 15.9 Å². The van der Waals surface area contributed by atoms with Gasteiger partial charge in [-0.2, -0.15) is 4.31 Å². The smallest absolute Gasteiger partial charge is 0.246 e. The molecule has 1 saturated heterocycles. The van der Waals surface area contributed by atoms with Gasteiger partial charge in [0.1, 0.15) is 11.9 Å². The Kier molecular flexibility index (Phi) is 7.41. The third kappa shape index (κ3) is 5.52. The number of hydrogen-bond donors (Lipinski definition) is 1. The van der Waals surface area contributed by atoms with Crippen molar-refractivity contribution in [3.05, 3.63) is 95.8 Å². The highest BCUT2D eigenvalue weighted by Gasteiger charge is 2.32. The molecule has 0 aliphatic carbocycles. The molecule has 1 heterocycles. The molecule has 0 saturated carbocycles. The third-order valence-corrected chi connectivity index (χ3v) is 7.90. The maximum absolute atomic E-state index is 13.4. The number of amides is 1. The fraction of sp³-hybridized carbons (Fsp3) is 0.269. The van der Waals surface area contributed by atoms with Gasteiger partial charge in [-0.25, -0.2) is 12.8 Å². The van der Waals surface area contributed by atoms with Gasteiger partial charge >= 0.3 is 0 Å². The number of halogens is 1. The lowest BCUT2D eigenvalue weighted by atomic mass is 10.0. The summed E-state index contributed by atoms with van der Waals surface area (Å²) in [4.78, 5) is 15.7. The lowest BCUT2D eigenvalue weighted by molar-refractivity contribution is -0.121. The second-order valence-corrected chi connectivity index (χ2v) is 10.4. The van der Waals surface area contributed by atoms with Crippen LogP contribution >= 0.6 is 0 Å². The van der Waals surface area contributed by atoms with Crippen molar-refractivity contribution in [2.45, 2.75) is 24.3 Å². The van der Waals surface area contributed by atoms with Gasteiger partial charge < -0.3 is 5.32 Å². The molecule has 1 aliphatic rings. The highest BCUT2D eigenvalue weighted by atomic mass is 32.2. The van der Waals surface area contributed by atoms with Gasteiger partial charge in [0.05, 0.1) is 4.90 Å². The second-order valence-electron chi connectivity index (χ2n) is 8.42. The molecule has 3 aromatic rings. The maximum Gasteiger partial charge on any atom is 0.246 e. The molecule has 6 nitrogen and oxygen atoms in total. The van der Waals surface area contributed by atoms with Gasteiger partial charge in [0, 0.05) is 31.9 Å². The summed E-state index contributed by atoms with van der Waals surface area (Å²) >= 11 is 0. The van der Waals surface area contributed by atoms with Crippen molar-refractivity contribution < 1.29 is 17.6 Å². The lowest BCUT2D eigenvalue weighted by Gasteiger charge is -2.30. The Morgan fingerprint density at radius 3 is 2.24 bits per heavy atom. The highest BCUT2D eigenvalue weighted by Crippen LogP contribution is 2.26. The summed E-state index contributed by atoms with van der Waals surface area (Å²) < 4.78 is 41.2. The van der Waals surface area contributed by atoms with Crippen molar-refractivity contribution in [2.24, 2.45) is 0 Å². The Labute approximate surface area is 200 Å². The Hall–Kier alpha value is -3.07. The first-order valence-electron chi connectivity index (χ1n) is 11.3. The molecule has 3 aromatic carbocycles. The Morgan fingerprint density at radius 1 is 0.882 bits per heavy atom. The minimum atomic E-state index is -3.62. The number of nitrogens with one attached hydrogen (secondary N) is 1. The molecule has 178 valence electrons. The molecule has 0 radical (unpaired) electrons. The molecule has 4 rings (SSSR count). The van der Waals surface area contributed by atoms with E-state index in [2.05, 4.69) is 5.32 Å². The van der Waals surface area contributed by atoms with Crippen LogP contribution in [-0.2, 0) is 14.8 Å². The number of anilines is 1. The fourth-order valence-electron chi connectivity index (χ4n) is 4.18. The Balaban J connectivity index is 1.55. The van der Waals surface area contributed by atoms with E-state index >= 15 is 0 Å². The Morgan fingerprint density at radius 2 is 1.56 bits per heavy atom. The van der Waals surface area contributed by atoms with E-state index in [0.717, 1.165) is 11.1 Å². The van der Waals surface area contributed by atoms with Crippen molar-refractivity contribution in [1.82, 2.24) is 9.21 Å². The summed E-state index contributed by atoms with van der Waals surface area (Å²) in [5.74, 6) is -0.618. The SMILES string of the molecule is Cc1ccc(S(=O)(=O)N2CCCN(C(C(=O)Nc3ccc(F)cc3)c3ccccc3)CC2)cc1. The van der Waals surface area contributed by atoms with E-state index in [0.29, 0.717) is 31.7 Å². The normalized spacial score (nSPS) is 16.5. The van der Waals surface area contributed by atoms with Crippen molar-refractivity contribution in [3.8, 4) is 0 Å². The molecule has 1 unspecified atom stereocenters. The first-order chi connectivity index (χ1) is 16.3. The summed E-state index contributed by atoms with van der Waals surface area (Å²) in [5, 5.41) is 2.88. The number of sulfonamides is 1. The van der Waals surface area contributed by atoms with Crippen LogP contribution in [0.3, 0.4) is 0 Å². The summed E-state index contributed by atoms with van der Waals surface area (Å²) in [6.07, 6.45) is 0.595. The van der Waals surface area contributed by atoms with E-state index in [1.165, 1.54) is 28.6 Å². The first kappa shape index (κ1) is 24.1. The molecule has 1 atom stereocenters. The quantitative estimate of drug-likeness (QED) is 0.573. The second kappa shape index (κ2) is 10.5. The number of carbonyl (C=O) groups excluding carboxylic acids is 1. The number of nitrogens with zero attached hydrogens (tertiary/aromatic N) is 2. The molecular formula is C26H28FN3O3S. The molecule has 8 heteroatoms. The molecule has 1 amide bonds. The van der Waals surface area contributed by atoms with Gasteiger partial charge in [-0.3, -0.25) is 9.69 Å². The summed E-state index contributed by atoms with van der Waals surface area (Å²) in [6.45, 7) is 3.55. The number of rotatable bonds is 6. The number of carbonyl (C=O) groups is 1. The van der Waals surface area contributed by atoms with Crippen LogP contribution in [-0.4, -0.2) is 49.7 Å². The monoisotopic (exact) mass is 481 g/mol. The van der Waals surface area contributed by atoms with Crippen LogP contribution in [0.2, 0.25) is 0 Å². The molecule has 1 fully saturated rings. The van der Waals surface area contributed by atoms with Crippen LogP contribution < -0.4 is 5.32 Å². The van der Waals surface area contributed by atoms with E-state index in [1.807, 2.05) is 42.2 Å². The molecule has 0 aromatic heterocycles. The lowest BCUT2D eigenvalue weighted by Crippen LogP contribution is -2.40. The van der Waals surface area contributed by atoms with Crippen LogP contribution in [0.1, 0.15) is 23.6 Å². The van der Waals surface area contributed by atoms with Crippen molar-refractivity contribution in [3.63, 3.8) is 0 Å². The largest absolute Gasteiger partial charge is 0.324 e. The zero-order valence-electron chi connectivity index (χ0n) is 19.0. The predicted molar refractivity (Wildman–Crippen MR) is 130 cm³/mol. The van der Waals surface area contributed by atoms with E-state index in [1.54, 1.807) is 24.3 Å². The van der Waals surface area contributed by atoms with Crippen LogP contribution in [0, 0.1) is 12.7 Å². The summed E-state index contributed by atoms with van der Waals surface area (Å²) in [5.41, 5.74) is 2.32. The molecular weight excluding hydrogens is 453 g/mol. The first-order valence-corrected chi connectivity index (χ1v) is 12.7. The van der Waals surface area contributed by atoms with Gasteiger partial charge in [-0.15, -0.1) is 0 Å². The zero-order chi connectivity index (χ0) is 24.1. The van der Waals surface area contributed by atoms with Crippen molar-refractivity contribution in [1.29, 1.82) is 0 Å². The van der Waals surface area contributed by atoms with Gasteiger partial charge in [0.25, 0.3) is 0 Å². The summed E-state index contributed by atoms with van der Waals surface area (Å²) in [7, 11) is -3.62. The van der Waals surface area contributed by atoms with E-state index < -0.39 is 16.1 Å². The average molecular weight is 482 g/mol. The highest BCUT2D eigenvalue weighted by molar-refractivity contribution is 7.89. The van der Waals surface area contributed by atoms with Crippen molar-refractivity contribution >= 4 is 21.6 Å². The number of aryl methyl sites for hydroxylation is 1. The van der Waals surface area contributed by atoms with Crippen LogP contribution in [0.25, 0.3) is 0 Å². The standard InChI is InChI=1S/C26H28FN3O3S/c1-20-8-14-24(15-9-20)34(32,33)30-17-5-16-29(18-19-30)25(21-6-3-2-4-7-21)26(31)28-23-12-10-22(27)11-13-23/h2-4,6-15,25H,5,16-19H2,1H3,(H,28,31). The molecule has 34 heavy (non-hydrogen) atoms. The van der Waals surface area contributed by atoms with E-state index in [9.17, 15) is 17.6 Å². The Bertz CT molecular complexity index is 1220. The zero-order valence-corrected chi connectivity index (χ0v) is 19.8. The fourth-order valence-corrected chi connectivity index (χ4v) is 5.65. The third-order valence-electron chi connectivity index (χ3n) is 5.99. The topological polar surface area (TPSA) is 69.7 Å². The number of hydrogen-bond acceptors (Lipinski definition) is 4. The predicted octanol–water partition coefficient (Wildman–Crippen LogP) is 4.21. The number of benzene rings is 3. The van der Waals surface area contributed by atoms with E-state index in [4.69, 9.17) is 0 Å². The molecule has 0 bridgehead atoms. The summed E-state index contributed by atoms with van der Waals surface area (Å²) in [6, 6.07) is 21.3. The van der Waals surface area contributed by atoms with Gasteiger partial charge in [-0.1, -0.05) is 48.0 Å². The molecule has 0 spiro atoms. The van der Waals surface area contributed by atoms with Crippen LogP contribution in [0.5, 0.6) is 0 Å². The van der Waals surface area contributed by atoms with Crippen molar-refractivity contribution in [2.75, 3.05) is 31.5 Å². The van der Waals surface area contributed by atoms with Gasteiger partial charge in [-0.05, 0) is 55.3 Å². The molecule has 1 aliphatic heterocycles. The maximum atomic E-state index is 13.4. The average Bonchev–Trinajstić information content (AvgIpc) is 3.08. The molecule has 1 N–H and O–H groups in total. The minimum Gasteiger partial charge on any atom is -0.324 e.